The van der Waals surface area contributed by atoms with E-state index < -0.39 is 0 Å². The molecule has 0 bridgehead atoms. The van der Waals surface area contributed by atoms with Crippen molar-refractivity contribution in [3.8, 4) is 5.75 Å². The summed E-state index contributed by atoms with van der Waals surface area (Å²) in [5.74, 6) is 1.03. The van der Waals surface area contributed by atoms with Crippen LogP contribution in [0.25, 0.3) is 0 Å². The van der Waals surface area contributed by atoms with Gasteiger partial charge in [-0.15, -0.1) is 0 Å². The van der Waals surface area contributed by atoms with Gasteiger partial charge in [0.15, 0.2) is 0 Å². The van der Waals surface area contributed by atoms with Crippen molar-refractivity contribution in [3.05, 3.63) is 23.3 Å². The van der Waals surface area contributed by atoms with Crippen molar-refractivity contribution in [1.29, 1.82) is 0 Å². The summed E-state index contributed by atoms with van der Waals surface area (Å²) in [6.45, 7) is 3.95. The Hall–Kier alpha value is -1.22. The quantitative estimate of drug-likeness (QED) is 0.697. The van der Waals surface area contributed by atoms with Crippen LogP contribution in [0.2, 0.25) is 0 Å². The van der Waals surface area contributed by atoms with Crippen molar-refractivity contribution in [1.82, 2.24) is 4.90 Å². The van der Waals surface area contributed by atoms with E-state index in [-0.39, 0.29) is 0 Å². The summed E-state index contributed by atoms with van der Waals surface area (Å²) in [5, 5.41) is 3.43. The predicted octanol–water partition coefficient (Wildman–Crippen LogP) is 1.83. The molecule has 80 valence electrons. The fourth-order valence-electron chi connectivity index (χ4n) is 2.33. The lowest BCUT2D eigenvalue weighted by molar-refractivity contribution is 0.322. The molecule has 2 aliphatic rings. The first kappa shape index (κ1) is 9.04. The van der Waals surface area contributed by atoms with Gasteiger partial charge in [-0.2, -0.15) is 0 Å². The Balaban J connectivity index is 2.02. The van der Waals surface area contributed by atoms with Gasteiger partial charge in [0.1, 0.15) is 5.75 Å². The Kier molecular flexibility index (Phi) is 2.06. The molecule has 0 saturated carbocycles. The van der Waals surface area contributed by atoms with Crippen LogP contribution in [0, 0.1) is 0 Å². The van der Waals surface area contributed by atoms with Crippen LogP contribution in [0.15, 0.2) is 12.1 Å². The molecule has 0 aromatic heterocycles. The van der Waals surface area contributed by atoms with Crippen LogP contribution in [0.1, 0.15) is 17.5 Å². The van der Waals surface area contributed by atoms with Crippen molar-refractivity contribution >= 4 is 5.69 Å². The Labute approximate surface area is 90.0 Å². The zero-order valence-corrected chi connectivity index (χ0v) is 9.05. The molecular weight excluding hydrogens is 188 g/mol. The molecule has 0 radical (unpaired) electrons. The van der Waals surface area contributed by atoms with Crippen LogP contribution in [0.4, 0.5) is 5.69 Å². The van der Waals surface area contributed by atoms with Crippen LogP contribution < -0.4 is 10.1 Å². The monoisotopic (exact) mass is 204 g/mol. The molecular formula is C12H16N2O. The highest BCUT2D eigenvalue weighted by Crippen LogP contribution is 2.34. The molecule has 0 saturated heterocycles. The van der Waals surface area contributed by atoms with E-state index in [0.29, 0.717) is 0 Å². The van der Waals surface area contributed by atoms with Gasteiger partial charge in [0.25, 0.3) is 0 Å². The fraction of sp³-hybridized carbons (Fsp3) is 0.500. The van der Waals surface area contributed by atoms with Crippen molar-refractivity contribution in [2.24, 2.45) is 0 Å². The van der Waals surface area contributed by atoms with E-state index >= 15 is 0 Å². The molecule has 0 atom stereocenters. The Morgan fingerprint density at radius 1 is 1.27 bits per heavy atom. The number of hydrogen-bond donors (Lipinski definition) is 1. The second-order valence-electron chi connectivity index (χ2n) is 4.42. The Morgan fingerprint density at radius 2 is 2.07 bits per heavy atom. The highest BCUT2D eigenvalue weighted by Gasteiger charge is 2.19. The lowest BCUT2D eigenvalue weighted by atomic mass is 10.1. The molecule has 3 nitrogen and oxygen atoms in total. The van der Waals surface area contributed by atoms with Crippen molar-refractivity contribution in [2.75, 3.05) is 25.5 Å². The maximum absolute atomic E-state index is 5.73. The first-order valence-electron chi connectivity index (χ1n) is 5.54. The van der Waals surface area contributed by atoms with Crippen LogP contribution in [0.5, 0.6) is 5.75 Å². The number of nitrogens with zero attached hydrogens (tertiary/aromatic N) is 1. The SMILES string of the molecule is CN1Cc2cc3c(cc2C1)OCCCN3. The highest BCUT2D eigenvalue weighted by atomic mass is 16.5. The molecule has 1 N–H and O–H groups in total. The smallest absolute Gasteiger partial charge is 0.142 e. The van der Waals surface area contributed by atoms with Crippen LogP contribution in [-0.4, -0.2) is 25.1 Å². The van der Waals surface area contributed by atoms with Crippen molar-refractivity contribution < 1.29 is 4.74 Å². The molecule has 3 rings (SSSR count). The van der Waals surface area contributed by atoms with Gasteiger partial charge < -0.3 is 10.1 Å². The first-order chi connectivity index (χ1) is 7.33. The summed E-state index contributed by atoms with van der Waals surface area (Å²) < 4.78 is 5.73. The highest BCUT2D eigenvalue weighted by molar-refractivity contribution is 5.61. The standard InChI is InChI=1S/C12H16N2O/c1-14-7-9-5-11-12(6-10(9)8-14)15-4-2-3-13-11/h5-6,13H,2-4,7-8H2,1H3. The molecule has 1 aromatic carbocycles. The summed E-state index contributed by atoms with van der Waals surface area (Å²) >= 11 is 0. The minimum atomic E-state index is 0.828. The van der Waals surface area contributed by atoms with E-state index in [1.54, 1.807) is 0 Å². The summed E-state index contributed by atoms with van der Waals surface area (Å²) in [5.41, 5.74) is 4.02. The molecule has 1 aromatic rings. The first-order valence-corrected chi connectivity index (χ1v) is 5.54. The summed E-state index contributed by atoms with van der Waals surface area (Å²) in [7, 11) is 2.15. The van der Waals surface area contributed by atoms with E-state index in [4.69, 9.17) is 4.74 Å². The molecule has 15 heavy (non-hydrogen) atoms. The Morgan fingerprint density at radius 3 is 2.93 bits per heavy atom. The topological polar surface area (TPSA) is 24.5 Å². The minimum absolute atomic E-state index is 0.828. The zero-order chi connectivity index (χ0) is 10.3. The normalized spacial score (nSPS) is 19.8. The number of hydrogen-bond acceptors (Lipinski definition) is 3. The second kappa shape index (κ2) is 3.42. The van der Waals surface area contributed by atoms with E-state index in [1.807, 2.05) is 0 Å². The van der Waals surface area contributed by atoms with Crippen molar-refractivity contribution in [3.63, 3.8) is 0 Å². The maximum atomic E-state index is 5.73. The van der Waals surface area contributed by atoms with Crippen LogP contribution >= 0.6 is 0 Å². The average Bonchev–Trinajstić information content (AvgIpc) is 2.44. The van der Waals surface area contributed by atoms with Gasteiger partial charge >= 0.3 is 0 Å². The van der Waals surface area contributed by atoms with E-state index in [1.165, 1.54) is 16.8 Å². The molecule has 0 fully saturated rings. The third kappa shape index (κ3) is 1.57. The molecule has 0 aliphatic carbocycles. The summed E-state index contributed by atoms with van der Waals surface area (Å²) in [6.07, 6.45) is 1.08. The zero-order valence-electron chi connectivity index (χ0n) is 9.05. The lowest BCUT2D eigenvalue weighted by Gasteiger charge is -2.09. The van der Waals surface area contributed by atoms with Gasteiger partial charge in [-0.1, -0.05) is 0 Å². The molecule has 2 heterocycles. The minimum Gasteiger partial charge on any atom is -0.491 e. The van der Waals surface area contributed by atoms with Crippen molar-refractivity contribution in [2.45, 2.75) is 19.5 Å². The summed E-state index contributed by atoms with van der Waals surface area (Å²) in [6, 6.07) is 4.45. The average molecular weight is 204 g/mol. The van der Waals surface area contributed by atoms with Gasteiger partial charge in [-0.05, 0) is 36.7 Å². The maximum Gasteiger partial charge on any atom is 0.142 e. The van der Waals surface area contributed by atoms with Gasteiger partial charge in [0.2, 0.25) is 0 Å². The fourth-order valence-corrected chi connectivity index (χ4v) is 2.33. The number of nitrogens with one attached hydrogen (secondary N) is 1. The number of rotatable bonds is 0. The van der Waals surface area contributed by atoms with Crippen LogP contribution in [-0.2, 0) is 13.1 Å². The summed E-state index contributed by atoms with van der Waals surface area (Å²) in [4.78, 5) is 2.32. The number of anilines is 1. The molecule has 0 spiro atoms. The van der Waals surface area contributed by atoms with Gasteiger partial charge in [0, 0.05) is 19.6 Å². The molecule has 0 unspecified atom stereocenters. The third-order valence-corrected chi connectivity index (χ3v) is 3.08. The largest absolute Gasteiger partial charge is 0.491 e. The Bertz CT molecular complexity index is 354. The van der Waals surface area contributed by atoms with Gasteiger partial charge in [-0.25, -0.2) is 0 Å². The number of ether oxygens (including phenoxy) is 1. The molecule has 0 amide bonds. The number of fused-ring (bicyclic) bond motifs is 2. The van der Waals surface area contributed by atoms with E-state index in [0.717, 1.165) is 38.4 Å². The number of benzene rings is 1. The van der Waals surface area contributed by atoms with Gasteiger partial charge in [-0.3, -0.25) is 4.90 Å². The third-order valence-electron chi connectivity index (χ3n) is 3.08. The van der Waals surface area contributed by atoms with E-state index in [2.05, 4.69) is 29.4 Å². The predicted molar refractivity (Wildman–Crippen MR) is 60.2 cm³/mol. The molecule has 2 aliphatic heterocycles. The van der Waals surface area contributed by atoms with Gasteiger partial charge in [0.05, 0.1) is 12.3 Å². The second-order valence-corrected chi connectivity index (χ2v) is 4.42. The van der Waals surface area contributed by atoms with Crippen LogP contribution in [0.3, 0.4) is 0 Å². The van der Waals surface area contributed by atoms with E-state index in [9.17, 15) is 0 Å². The molecule has 3 heteroatoms. The lowest BCUT2D eigenvalue weighted by Crippen LogP contribution is -2.07.